The number of nitrogens with zero attached hydrogens (tertiary/aromatic N) is 2. The van der Waals surface area contributed by atoms with Crippen LogP contribution < -0.4 is 10.6 Å². The van der Waals surface area contributed by atoms with Gasteiger partial charge in [0.1, 0.15) is 17.0 Å². The van der Waals surface area contributed by atoms with Gasteiger partial charge < -0.3 is 19.7 Å². The Morgan fingerprint density at radius 1 is 1.21 bits per heavy atom. The van der Waals surface area contributed by atoms with E-state index in [2.05, 4.69) is 15.6 Å². The first-order chi connectivity index (χ1) is 13.5. The van der Waals surface area contributed by atoms with Crippen LogP contribution in [0.1, 0.15) is 21.7 Å². The standard InChI is InChI=1S/C19H14N4O5/c24-11-4-3-10-8-23(16(25)12(10)6-11)9-19(17(26)21-18(27)22-19)15-7-13-14(28-15)2-1-5-20-13/h1-7,24H,8-9H2,(H2,21,22,26,27)/t19-/m0/s1. The molecular formula is C19H14N4O5. The molecule has 2 aliphatic heterocycles. The largest absolute Gasteiger partial charge is 0.508 e. The molecule has 3 aromatic rings. The van der Waals surface area contributed by atoms with Crippen LogP contribution in [0.4, 0.5) is 4.79 Å². The number of furan rings is 1. The molecule has 1 atom stereocenters. The van der Waals surface area contributed by atoms with Gasteiger partial charge in [0.25, 0.3) is 11.8 Å². The minimum Gasteiger partial charge on any atom is -0.508 e. The van der Waals surface area contributed by atoms with Crippen molar-refractivity contribution in [1.29, 1.82) is 0 Å². The molecule has 0 aliphatic carbocycles. The number of carbonyl (C=O) groups is 3. The summed E-state index contributed by atoms with van der Waals surface area (Å²) in [6, 6.07) is 8.87. The SMILES string of the molecule is O=C1NC(=O)[C@](CN2Cc3ccc(O)cc3C2=O)(c2cc3ncccc3o2)N1. The number of phenols is 1. The van der Waals surface area contributed by atoms with Crippen LogP contribution in [0.2, 0.25) is 0 Å². The monoisotopic (exact) mass is 378 g/mol. The normalized spacial score (nSPS) is 21.1. The molecule has 4 amide bonds. The predicted molar refractivity (Wildman–Crippen MR) is 95.2 cm³/mol. The highest BCUT2D eigenvalue weighted by atomic mass is 16.3. The van der Waals surface area contributed by atoms with Crippen molar-refractivity contribution in [2.75, 3.05) is 6.54 Å². The minimum atomic E-state index is -1.57. The zero-order chi connectivity index (χ0) is 19.5. The van der Waals surface area contributed by atoms with Gasteiger partial charge in [-0.05, 0) is 29.8 Å². The lowest BCUT2D eigenvalue weighted by Crippen LogP contribution is -2.52. The van der Waals surface area contributed by atoms with Crippen molar-refractivity contribution in [2.45, 2.75) is 12.1 Å². The lowest BCUT2D eigenvalue weighted by Gasteiger charge is -2.28. The fourth-order valence-electron chi connectivity index (χ4n) is 3.70. The van der Waals surface area contributed by atoms with Crippen LogP contribution in [0, 0.1) is 0 Å². The first-order valence-corrected chi connectivity index (χ1v) is 8.56. The van der Waals surface area contributed by atoms with Crippen LogP contribution in [-0.4, -0.2) is 39.4 Å². The van der Waals surface area contributed by atoms with E-state index < -0.39 is 17.5 Å². The van der Waals surface area contributed by atoms with E-state index in [1.807, 2.05) is 0 Å². The summed E-state index contributed by atoms with van der Waals surface area (Å²) in [6.45, 7) is 0.122. The number of aromatic nitrogens is 1. The molecule has 9 heteroatoms. The van der Waals surface area contributed by atoms with Gasteiger partial charge in [-0.3, -0.25) is 19.9 Å². The maximum absolute atomic E-state index is 12.8. The number of urea groups is 1. The summed E-state index contributed by atoms with van der Waals surface area (Å²) >= 11 is 0. The Labute approximate surface area is 158 Å². The fourth-order valence-corrected chi connectivity index (χ4v) is 3.70. The number of benzene rings is 1. The maximum atomic E-state index is 12.8. The van der Waals surface area contributed by atoms with E-state index in [1.54, 1.807) is 30.5 Å². The van der Waals surface area contributed by atoms with Gasteiger partial charge in [0.15, 0.2) is 11.1 Å². The van der Waals surface area contributed by atoms with Gasteiger partial charge in [0.05, 0.1) is 6.54 Å². The molecule has 9 nitrogen and oxygen atoms in total. The number of aromatic hydroxyl groups is 1. The topological polar surface area (TPSA) is 125 Å². The van der Waals surface area contributed by atoms with Crippen LogP contribution >= 0.6 is 0 Å². The molecular weight excluding hydrogens is 364 g/mol. The van der Waals surface area contributed by atoms with Gasteiger partial charge in [-0.15, -0.1) is 0 Å². The van der Waals surface area contributed by atoms with Crippen molar-refractivity contribution in [3.05, 3.63) is 59.5 Å². The summed E-state index contributed by atoms with van der Waals surface area (Å²) in [5.74, 6) is -0.772. The van der Waals surface area contributed by atoms with E-state index in [4.69, 9.17) is 4.42 Å². The number of hydrogen-bond donors (Lipinski definition) is 3. The van der Waals surface area contributed by atoms with E-state index in [0.717, 1.165) is 5.56 Å². The molecule has 28 heavy (non-hydrogen) atoms. The van der Waals surface area contributed by atoms with Crippen molar-refractivity contribution in [2.24, 2.45) is 0 Å². The molecule has 0 radical (unpaired) electrons. The third-order valence-corrected chi connectivity index (χ3v) is 5.05. The van der Waals surface area contributed by atoms with E-state index in [9.17, 15) is 19.5 Å². The van der Waals surface area contributed by atoms with E-state index in [1.165, 1.54) is 17.0 Å². The highest BCUT2D eigenvalue weighted by molar-refractivity contribution is 6.08. The van der Waals surface area contributed by atoms with Crippen molar-refractivity contribution < 1.29 is 23.9 Å². The Morgan fingerprint density at radius 2 is 2.07 bits per heavy atom. The highest BCUT2D eigenvalue weighted by Gasteiger charge is 2.53. The number of pyridine rings is 1. The van der Waals surface area contributed by atoms with E-state index in [0.29, 0.717) is 16.7 Å². The van der Waals surface area contributed by atoms with Gasteiger partial charge >= 0.3 is 6.03 Å². The molecule has 0 spiro atoms. The Bertz CT molecular complexity index is 1140. The maximum Gasteiger partial charge on any atom is 0.322 e. The molecule has 2 aliphatic rings. The van der Waals surface area contributed by atoms with Crippen LogP contribution in [0.5, 0.6) is 5.75 Å². The molecule has 1 aromatic carbocycles. The number of hydrogen-bond acceptors (Lipinski definition) is 6. The second-order valence-electron chi connectivity index (χ2n) is 6.81. The average molecular weight is 378 g/mol. The van der Waals surface area contributed by atoms with Gasteiger partial charge in [0.2, 0.25) is 0 Å². The summed E-state index contributed by atoms with van der Waals surface area (Å²) in [5.41, 5.74) is 0.524. The fraction of sp³-hybridized carbons (Fsp3) is 0.158. The highest BCUT2D eigenvalue weighted by Crippen LogP contribution is 2.34. The molecule has 5 rings (SSSR count). The summed E-state index contributed by atoms with van der Waals surface area (Å²) in [4.78, 5) is 43.1. The van der Waals surface area contributed by atoms with Crippen LogP contribution in [0.15, 0.2) is 47.0 Å². The molecule has 3 N–H and O–H groups in total. The summed E-state index contributed by atoms with van der Waals surface area (Å²) < 4.78 is 5.80. The van der Waals surface area contributed by atoms with Gasteiger partial charge in [-0.2, -0.15) is 0 Å². The Morgan fingerprint density at radius 3 is 2.82 bits per heavy atom. The molecule has 0 unspecified atom stereocenters. The molecule has 1 fully saturated rings. The van der Waals surface area contributed by atoms with Crippen LogP contribution in [0.3, 0.4) is 0 Å². The average Bonchev–Trinajstić information content (AvgIpc) is 3.31. The van der Waals surface area contributed by atoms with E-state index >= 15 is 0 Å². The van der Waals surface area contributed by atoms with Crippen molar-refractivity contribution in [1.82, 2.24) is 20.5 Å². The number of fused-ring (bicyclic) bond motifs is 2. The van der Waals surface area contributed by atoms with E-state index in [-0.39, 0.29) is 30.5 Å². The second-order valence-corrected chi connectivity index (χ2v) is 6.81. The molecule has 4 heterocycles. The summed E-state index contributed by atoms with van der Waals surface area (Å²) in [5, 5.41) is 14.5. The zero-order valence-corrected chi connectivity index (χ0v) is 14.4. The van der Waals surface area contributed by atoms with Gasteiger partial charge in [-0.25, -0.2) is 4.79 Å². The number of imide groups is 1. The molecule has 140 valence electrons. The smallest absolute Gasteiger partial charge is 0.322 e. The molecule has 0 saturated carbocycles. The third kappa shape index (κ3) is 2.26. The molecule has 0 bridgehead atoms. The first kappa shape index (κ1) is 16.3. The second kappa shape index (κ2) is 5.56. The molecule has 1 saturated heterocycles. The third-order valence-electron chi connectivity index (χ3n) is 5.05. The Hall–Kier alpha value is -3.88. The van der Waals surface area contributed by atoms with Gasteiger partial charge in [0, 0.05) is 24.4 Å². The minimum absolute atomic E-state index is 0.0149. The predicted octanol–water partition coefficient (Wildman–Crippen LogP) is 1.22. The summed E-state index contributed by atoms with van der Waals surface area (Å²) in [7, 11) is 0. The van der Waals surface area contributed by atoms with Crippen molar-refractivity contribution in [3.63, 3.8) is 0 Å². The number of carbonyl (C=O) groups excluding carboxylic acids is 3. The lowest BCUT2D eigenvalue weighted by molar-refractivity contribution is -0.125. The Kier molecular flexibility index (Phi) is 3.24. The number of nitrogens with one attached hydrogen (secondary N) is 2. The number of phenolic OH excluding ortho intramolecular Hbond substituents is 1. The Balaban J connectivity index is 1.56. The van der Waals surface area contributed by atoms with Crippen molar-refractivity contribution in [3.8, 4) is 5.75 Å². The first-order valence-electron chi connectivity index (χ1n) is 8.56. The van der Waals surface area contributed by atoms with Crippen LogP contribution in [-0.2, 0) is 16.9 Å². The lowest BCUT2D eigenvalue weighted by atomic mass is 9.95. The van der Waals surface area contributed by atoms with Gasteiger partial charge in [-0.1, -0.05) is 6.07 Å². The molecule has 2 aromatic heterocycles. The number of amides is 4. The quantitative estimate of drug-likeness (QED) is 0.589. The summed E-state index contributed by atoms with van der Waals surface area (Å²) in [6.07, 6.45) is 1.59. The van der Waals surface area contributed by atoms with Crippen LogP contribution in [0.25, 0.3) is 11.1 Å². The number of rotatable bonds is 3. The zero-order valence-electron chi connectivity index (χ0n) is 14.4. The van der Waals surface area contributed by atoms with Crippen molar-refractivity contribution >= 4 is 28.9 Å².